The second kappa shape index (κ2) is 12.7. The lowest BCUT2D eigenvalue weighted by molar-refractivity contribution is 1.20. The van der Waals surface area contributed by atoms with Crippen LogP contribution in [0.5, 0.6) is 0 Å². The molecular formula is C46H38Si2. The lowest BCUT2D eigenvalue weighted by Gasteiger charge is -2.42. The van der Waals surface area contributed by atoms with Crippen molar-refractivity contribution in [1.82, 2.24) is 0 Å². The van der Waals surface area contributed by atoms with E-state index in [0.29, 0.717) is 0 Å². The van der Waals surface area contributed by atoms with E-state index in [1.807, 2.05) is 0 Å². The van der Waals surface area contributed by atoms with Gasteiger partial charge >= 0.3 is 0 Å². The van der Waals surface area contributed by atoms with Crippen molar-refractivity contribution < 1.29 is 0 Å². The van der Waals surface area contributed by atoms with Crippen molar-refractivity contribution in [1.29, 1.82) is 0 Å². The lowest BCUT2D eigenvalue weighted by atomic mass is 10.1. The van der Waals surface area contributed by atoms with Crippen LogP contribution in [0.3, 0.4) is 0 Å². The summed E-state index contributed by atoms with van der Waals surface area (Å²) in [6.45, 7) is 2.28. The van der Waals surface area contributed by atoms with Gasteiger partial charge in [0.2, 0.25) is 0 Å². The predicted molar refractivity (Wildman–Crippen MR) is 211 cm³/mol. The van der Waals surface area contributed by atoms with Crippen molar-refractivity contribution in [3.63, 3.8) is 0 Å². The van der Waals surface area contributed by atoms with E-state index in [1.54, 1.807) is 0 Å². The molecule has 0 spiro atoms. The Balaban J connectivity index is 1.63. The Labute approximate surface area is 286 Å². The fraction of sp³-hybridized carbons (Fsp3) is 0.0435. The Kier molecular flexibility index (Phi) is 7.97. The monoisotopic (exact) mass is 646 g/mol. The molecule has 1 aliphatic rings. The summed E-state index contributed by atoms with van der Waals surface area (Å²) in [5.74, 6) is 0. The number of rotatable bonds is 8. The van der Waals surface area contributed by atoms with Gasteiger partial charge in [-0.15, -0.1) is 0 Å². The molecule has 0 unspecified atom stereocenters. The summed E-state index contributed by atoms with van der Waals surface area (Å²) in [5, 5.41) is 11.4. The van der Waals surface area contributed by atoms with Gasteiger partial charge in [0.1, 0.15) is 0 Å². The van der Waals surface area contributed by atoms with Gasteiger partial charge in [-0.1, -0.05) is 206 Å². The second-order valence-electron chi connectivity index (χ2n) is 13.0. The first-order chi connectivity index (χ1) is 23.7. The van der Waals surface area contributed by atoms with Gasteiger partial charge in [0.25, 0.3) is 0 Å². The molecule has 0 bridgehead atoms. The van der Waals surface area contributed by atoms with E-state index in [4.69, 9.17) is 0 Å². The van der Waals surface area contributed by atoms with E-state index < -0.39 is 16.1 Å². The summed E-state index contributed by atoms with van der Waals surface area (Å²) in [7, 11) is -5.82. The molecule has 230 valence electrons. The van der Waals surface area contributed by atoms with E-state index >= 15 is 0 Å². The number of hydrogen-bond donors (Lipinski definition) is 0. The van der Waals surface area contributed by atoms with Crippen LogP contribution in [0.2, 0.25) is 0 Å². The molecule has 0 atom stereocenters. The molecule has 0 saturated heterocycles. The van der Waals surface area contributed by atoms with Crippen LogP contribution in [0.1, 0.15) is 18.1 Å². The van der Waals surface area contributed by atoms with Crippen LogP contribution in [-0.4, -0.2) is 16.1 Å². The SMILES string of the molecule is CC1=Cc2cc([Si](c3ccccc3)(c3ccccc3)c3ccccc3)c([Si](c3ccccc3)(c3ccccc3)c3ccccc3)cc2C1. The van der Waals surface area contributed by atoms with E-state index in [0.717, 1.165) is 6.42 Å². The summed E-state index contributed by atoms with van der Waals surface area (Å²) in [6, 6.07) is 73.7. The van der Waals surface area contributed by atoms with Crippen LogP contribution in [0.4, 0.5) is 0 Å². The summed E-state index contributed by atoms with van der Waals surface area (Å²) < 4.78 is 0. The van der Waals surface area contributed by atoms with Crippen LogP contribution in [0, 0.1) is 0 Å². The first-order valence-electron chi connectivity index (χ1n) is 16.9. The van der Waals surface area contributed by atoms with Gasteiger partial charge in [0.05, 0.1) is 0 Å². The first-order valence-corrected chi connectivity index (χ1v) is 20.9. The smallest absolute Gasteiger partial charge is 0.0683 e. The van der Waals surface area contributed by atoms with Crippen molar-refractivity contribution in [2.45, 2.75) is 13.3 Å². The van der Waals surface area contributed by atoms with E-state index in [-0.39, 0.29) is 0 Å². The third-order valence-corrected chi connectivity index (χ3v) is 20.1. The second-order valence-corrected chi connectivity index (χ2v) is 20.5. The molecule has 0 radical (unpaired) electrons. The number of hydrogen-bond acceptors (Lipinski definition) is 0. The van der Waals surface area contributed by atoms with Crippen LogP contribution in [0.25, 0.3) is 6.08 Å². The van der Waals surface area contributed by atoms with Crippen LogP contribution < -0.4 is 41.5 Å². The van der Waals surface area contributed by atoms with E-state index in [9.17, 15) is 0 Å². The molecule has 7 aromatic rings. The quantitative estimate of drug-likeness (QED) is 0.153. The Morgan fingerprint density at radius 2 is 0.625 bits per heavy atom. The molecular weight excluding hydrogens is 609 g/mol. The molecule has 0 saturated carbocycles. The topological polar surface area (TPSA) is 0 Å². The van der Waals surface area contributed by atoms with Gasteiger partial charge in [-0.25, -0.2) is 0 Å². The highest BCUT2D eigenvalue weighted by Gasteiger charge is 2.50. The molecule has 1 aliphatic carbocycles. The maximum Gasteiger partial charge on any atom is 0.179 e. The Morgan fingerprint density at radius 3 is 0.917 bits per heavy atom. The summed E-state index contributed by atoms with van der Waals surface area (Å²) in [4.78, 5) is 0. The van der Waals surface area contributed by atoms with Crippen molar-refractivity contribution in [2.75, 3.05) is 0 Å². The molecule has 0 N–H and O–H groups in total. The van der Waals surface area contributed by atoms with Gasteiger partial charge in [-0.05, 0) is 66.0 Å². The number of benzene rings is 7. The molecule has 7 aromatic carbocycles. The zero-order valence-corrected chi connectivity index (χ0v) is 29.3. The highest BCUT2D eigenvalue weighted by molar-refractivity contribution is 7.27. The van der Waals surface area contributed by atoms with Crippen LogP contribution in [-0.2, 0) is 6.42 Å². The van der Waals surface area contributed by atoms with Crippen molar-refractivity contribution in [3.8, 4) is 0 Å². The highest BCUT2D eigenvalue weighted by Crippen LogP contribution is 2.26. The van der Waals surface area contributed by atoms with Gasteiger partial charge < -0.3 is 0 Å². The zero-order valence-electron chi connectivity index (χ0n) is 27.3. The van der Waals surface area contributed by atoms with E-state index in [2.05, 4.69) is 207 Å². The van der Waals surface area contributed by atoms with Crippen LogP contribution >= 0.6 is 0 Å². The normalized spacial score (nSPS) is 12.7. The average molecular weight is 647 g/mol. The lowest BCUT2D eigenvalue weighted by Crippen LogP contribution is -2.84. The first kappa shape index (κ1) is 30.1. The van der Waals surface area contributed by atoms with Crippen molar-refractivity contribution in [2.24, 2.45) is 0 Å². The highest BCUT2D eigenvalue weighted by atomic mass is 28.3. The average Bonchev–Trinajstić information content (AvgIpc) is 3.54. The molecule has 0 aliphatic heterocycles. The van der Waals surface area contributed by atoms with Crippen LogP contribution in [0.15, 0.2) is 200 Å². The number of fused-ring (bicyclic) bond motifs is 1. The molecule has 2 heteroatoms. The summed E-state index contributed by atoms with van der Waals surface area (Å²) in [6.07, 6.45) is 3.42. The molecule has 48 heavy (non-hydrogen) atoms. The minimum absolute atomic E-state index is 0.988. The minimum Gasteiger partial charge on any atom is -0.0683 e. The largest absolute Gasteiger partial charge is 0.179 e. The maximum absolute atomic E-state index is 2.91. The molecule has 0 nitrogen and oxygen atoms in total. The van der Waals surface area contributed by atoms with Crippen molar-refractivity contribution in [3.05, 3.63) is 211 Å². The summed E-state index contributed by atoms with van der Waals surface area (Å²) >= 11 is 0. The molecule has 0 fully saturated rings. The summed E-state index contributed by atoms with van der Waals surface area (Å²) in [5.41, 5.74) is 4.22. The fourth-order valence-electron chi connectivity index (χ4n) is 8.25. The van der Waals surface area contributed by atoms with Crippen molar-refractivity contribution >= 4 is 63.7 Å². The third-order valence-electron chi connectivity index (χ3n) is 10.2. The van der Waals surface area contributed by atoms with Gasteiger partial charge in [0.15, 0.2) is 16.1 Å². The van der Waals surface area contributed by atoms with Gasteiger partial charge in [-0.3, -0.25) is 0 Å². The third kappa shape index (κ3) is 4.88. The molecule has 0 heterocycles. The maximum atomic E-state index is 2.65. The molecule has 0 amide bonds. The minimum atomic E-state index is -2.91. The number of allylic oxidation sites excluding steroid dienone is 1. The Bertz CT molecular complexity index is 1980. The fourth-order valence-corrected chi connectivity index (χ4v) is 19.1. The molecule has 8 rings (SSSR count). The standard InChI is InChI=1S/C46H38Si2/c1-36-32-37-34-45(47(39-20-8-2-9-21-39,40-22-10-3-11-23-40)41-24-12-4-13-25-41)46(35-38(37)33-36)48(42-26-14-5-15-27-42,43-28-16-6-17-29-43)44-30-18-7-19-31-44/h2-32,34-35H,33H2,1H3. The van der Waals surface area contributed by atoms with Gasteiger partial charge in [0, 0.05) is 0 Å². The molecule has 0 aromatic heterocycles. The van der Waals surface area contributed by atoms with E-state index in [1.165, 1.54) is 58.2 Å². The Hall–Kier alpha value is -5.29. The zero-order chi connectivity index (χ0) is 32.4. The van der Waals surface area contributed by atoms with Gasteiger partial charge in [-0.2, -0.15) is 0 Å². The Morgan fingerprint density at radius 1 is 0.354 bits per heavy atom. The predicted octanol–water partition coefficient (Wildman–Crippen LogP) is 5.40.